The molecule has 1 aromatic carbocycles. The molecule has 4 rings (SSSR count). The number of hydrogen-bond acceptors (Lipinski definition) is 3. The minimum absolute atomic E-state index is 0.0267. The summed E-state index contributed by atoms with van der Waals surface area (Å²) in [7, 11) is 0. The monoisotopic (exact) mass is 348 g/mol. The van der Waals surface area contributed by atoms with Crippen LogP contribution in [0.5, 0.6) is 0 Å². The lowest BCUT2D eigenvalue weighted by Gasteiger charge is -2.21. The van der Waals surface area contributed by atoms with E-state index in [9.17, 15) is 4.39 Å². The van der Waals surface area contributed by atoms with Crippen LogP contribution in [0.15, 0.2) is 24.5 Å². The minimum atomic E-state index is -0.560. The van der Waals surface area contributed by atoms with E-state index in [2.05, 4.69) is 15.2 Å². The minimum Gasteiger partial charge on any atom is -0.283 e. The van der Waals surface area contributed by atoms with E-state index < -0.39 is 5.82 Å². The average Bonchev–Trinajstić information content (AvgIpc) is 2.91. The molecule has 0 saturated carbocycles. The van der Waals surface area contributed by atoms with E-state index in [-0.39, 0.29) is 5.02 Å². The number of halogens is 3. The SMILES string of the molecule is Cc1nnc2n1-c1cc(Cl)c(-c3cncc(F)c3Cl)cc1CC2. The molecule has 3 aromatic rings. The highest BCUT2D eigenvalue weighted by atomic mass is 35.5. The summed E-state index contributed by atoms with van der Waals surface area (Å²) in [6.07, 6.45) is 4.23. The number of pyridine rings is 1. The fraction of sp³-hybridized carbons (Fsp3) is 0.188. The van der Waals surface area contributed by atoms with Gasteiger partial charge in [0.1, 0.15) is 11.6 Å². The van der Waals surface area contributed by atoms with E-state index in [1.165, 1.54) is 6.20 Å². The number of aryl methyl sites for hydroxylation is 3. The van der Waals surface area contributed by atoms with Crippen molar-refractivity contribution in [2.24, 2.45) is 0 Å². The maximum Gasteiger partial charge on any atom is 0.160 e. The van der Waals surface area contributed by atoms with Crippen LogP contribution in [0.3, 0.4) is 0 Å². The summed E-state index contributed by atoms with van der Waals surface area (Å²) in [5, 5.41) is 8.81. The van der Waals surface area contributed by atoms with Crippen molar-refractivity contribution in [1.29, 1.82) is 0 Å². The van der Waals surface area contributed by atoms with E-state index in [0.717, 1.165) is 41.9 Å². The summed E-state index contributed by atoms with van der Waals surface area (Å²) in [4.78, 5) is 3.87. The van der Waals surface area contributed by atoms with Crippen molar-refractivity contribution in [3.05, 3.63) is 57.6 Å². The van der Waals surface area contributed by atoms with Gasteiger partial charge in [0.05, 0.1) is 21.9 Å². The summed E-state index contributed by atoms with van der Waals surface area (Å²) in [5.74, 6) is 1.18. The average molecular weight is 349 g/mol. The highest BCUT2D eigenvalue weighted by Gasteiger charge is 2.22. The maximum atomic E-state index is 13.7. The Bertz CT molecular complexity index is 936. The molecule has 116 valence electrons. The Morgan fingerprint density at radius 2 is 1.91 bits per heavy atom. The maximum absolute atomic E-state index is 13.7. The topological polar surface area (TPSA) is 43.6 Å². The lowest BCUT2D eigenvalue weighted by Crippen LogP contribution is -2.13. The van der Waals surface area contributed by atoms with Crippen molar-refractivity contribution in [2.75, 3.05) is 0 Å². The Morgan fingerprint density at radius 3 is 2.74 bits per heavy atom. The normalized spacial score (nSPS) is 12.9. The van der Waals surface area contributed by atoms with E-state index >= 15 is 0 Å². The van der Waals surface area contributed by atoms with Gasteiger partial charge in [-0.3, -0.25) is 9.55 Å². The molecule has 1 aliphatic heterocycles. The van der Waals surface area contributed by atoms with Gasteiger partial charge in [-0.25, -0.2) is 4.39 Å². The van der Waals surface area contributed by atoms with Crippen LogP contribution in [0.2, 0.25) is 10.0 Å². The Hall–Kier alpha value is -1.98. The summed E-state index contributed by atoms with van der Waals surface area (Å²) in [5.41, 5.74) is 3.23. The van der Waals surface area contributed by atoms with Gasteiger partial charge in [-0.05, 0) is 31.0 Å². The zero-order valence-electron chi connectivity index (χ0n) is 12.1. The Morgan fingerprint density at radius 1 is 1.09 bits per heavy atom. The van der Waals surface area contributed by atoms with Gasteiger partial charge in [0.15, 0.2) is 5.82 Å². The molecule has 7 heteroatoms. The van der Waals surface area contributed by atoms with E-state index in [4.69, 9.17) is 23.2 Å². The summed E-state index contributed by atoms with van der Waals surface area (Å²) < 4.78 is 15.7. The van der Waals surface area contributed by atoms with Crippen molar-refractivity contribution in [2.45, 2.75) is 19.8 Å². The number of rotatable bonds is 1. The highest BCUT2D eigenvalue weighted by Crippen LogP contribution is 2.38. The summed E-state index contributed by atoms with van der Waals surface area (Å²) in [6, 6.07) is 3.80. The van der Waals surface area contributed by atoms with Crippen LogP contribution in [0, 0.1) is 12.7 Å². The number of benzene rings is 1. The Kier molecular flexibility index (Phi) is 3.36. The third kappa shape index (κ3) is 2.23. The zero-order chi connectivity index (χ0) is 16.1. The molecule has 0 radical (unpaired) electrons. The molecule has 1 aliphatic rings. The molecule has 2 aromatic heterocycles. The second kappa shape index (κ2) is 5.28. The lowest BCUT2D eigenvalue weighted by atomic mass is 9.97. The lowest BCUT2D eigenvalue weighted by molar-refractivity contribution is 0.622. The van der Waals surface area contributed by atoms with Crippen LogP contribution >= 0.6 is 23.2 Å². The first-order valence-electron chi connectivity index (χ1n) is 7.09. The van der Waals surface area contributed by atoms with Gasteiger partial charge < -0.3 is 0 Å². The third-order valence-corrected chi connectivity index (χ3v) is 4.74. The summed E-state index contributed by atoms with van der Waals surface area (Å²) in [6.45, 7) is 1.90. The van der Waals surface area contributed by atoms with Gasteiger partial charge >= 0.3 is 0 Å². The molecule has 4 nitrogen and oxygen atoms in total. The molecule has 0 spiro atoms. The van der Waals surface area contributed by atoms with Gasteiger partial charge in [-0.2, -0.15) is 0 Å². The van der Waals surface area contributed by atoms with Crippen LogP contribution in [-0.2, 0) is 12.8 Å². The molecule has 0 atom stereocenters. The van der Waals surface area contributed by atoms with Crippen LogP contribution in [-0.4, -0.2) is 19.7 Å². The van der Waals surface area contributed by atoms with Crippen LogP contribution in [0.4, 0.5) is 4.39 Å². The van der Waals surface area contributed by atoms with Crippen molar-refractivity contribution in [1.82, 2.24) is 19.7 Å². The van der Waals surface area contributed by atoms with E-state index in [0.29, 0.717) is 16.1 Å². The van der Waals surface area contributed by atoms with Gasteiger partial charge in [-0.1, -0.05) is 23.2 Å². The van der Waals surface area contributed by atoms with Crippen LogP contribution < -0.4 is 0 Å². The second-order valence-electron chi connectivity index (χ2n) is 5.44. The smallest absolute Gasteiger partial charge is 0.160 e. The first-order valence-corrected chi connectivity index (χ1v) is 7.85. The molecule has 0 fully saturated rings. The highest BCUT2D eigenvalue weighted by molar-refractivity contribution is 6.36. The first kappa shape index (κ1) is 14.6. The van der Waals surface area contributed by atoms with Gasteiger partial charge in [0.25, 0.3) is 0 Å². The van der Waals surface area contributed by atoms with Gasteiger partial charge in [-0.15, -0.1) is 10.2 Å². The predicted molar refractivity (Wildman–Crippen MR) is 86.7 cm³/mol. The molecule has 23 heavy (non-hydrogen) atoms. The quantitative estimate of drug-likeness (QED) is 0.662. The molecule has 0 bridgehead atoms. The van der Waals surface area contributed by atoms with E-state index in [1.807, 2.05) is 23.6 Å². The van der Waals surface area contributed by atoms with Crippen LogP contribution in [0.25, 0.3) is 16.8 Å². The molecule has 0 saturated heterocycles. The Labute approximate surface area is 141 Å². The van der Waals surface area contributed by atoms with Crippen molar-refractivity contribution >= 4 is 23.2 Å². The second-order valence-corrected chi connectivity index (χ2v) is 6.23. The molecular weight excluding hydrogens is 338 g/mol. The molecule has 3 heterocycles. The molecular formula is C16H11Cl2FN4. The zero-order valence-corrected chi connectivity index (χ0v) is 13.7. The fourth-order valence-corrected chi connectivity index (χ4v) is 3.42. The molecule has 0 aliphatic carbocycles. The third-order valence-electron chi connectivity index (χ3n) is 4.05. The standard InChI is InChI=1S/C16H11Cl2FN4/c1-8-21-22-15-3-2-9-4-10(12(17)5-14(9)23(8)15)11-6-20-7-13(19)16(11)18/h4-7H,2-3H2,1H3. The number of hydrogen-bond donors (Lipinski definition) is 0. The van der Waals surface area contributed by atoms with Gasteiger partial charge in [0, 0.05) is 23.7 Å². The number of aromatic nitrogens is 4. The summed E-state index contributed by atoms with van der Waals surface area (Å²) >= 11 is 12.5. The number of nitrogens with zero attached hydrogens (tertiary/aromatic N) is 4. The molecule has 0 amide bonds. The van der Waals surface area contributed by atoms with Gasteiger partial charge in [0.2, 0.25) is 0 Å². The van der Waals surface area contributed by atoms with Crippen molar-refractivity contribution in [3.63, 3.8) is 0 Å². The predicted octanol–water partition coefficient (Wildman–Crippen LogP) is 4.18. The number of fused-ring (bicyclic) bond motifs is 3. The van der Waals surface area contributed by atoms with Crippen molar-refractivity contribution < 1.29 is 4.39 Å². The molecule has 0 N–H and O–H groups in total. The largest absolute Gasteiger partial charge is 0.283 e. The van der Waals surface area contributed by atoms with Crippen LogP contribution in [0.1, 0.15) is 17.2 Å². The Balaban J connectivity index is 1.94. The van der Waals surface area contributed by atoms with E-state index in [1.54, 1.807) is 0 Å². The first-order chi connectivity index (χ1) is 11.1. The van der Waals surface area contributed by atoms with Crippen molar-refractivity contribution in [3.8, 4) is 16.8 Å². The fourth-order valence-electron chi connectivity index (χ4n) is 2.96. The molecule has 0 unspecified atom stereocenters.